The van der Waals surface area contributed by atoms with Crippen LogP contribution >= 0.6 is 0 Å². The maximum atomic E-state index is 13.6. The zero-order valence-electron chi connectivity index (χ0n) is 18.7. The molecule has 0 spiro atoms. The van der Waals surface area contributed by atoms with Crippen LogP contribution in [0.25, 0.3) is 17.0 Å². The van der Waals surface area contributed by atoms with Gasteiger partial charge >= 0.3 is 11.8 Å². The summed E-state index contributed by atoms with van der Waals surface area (Å²) in [5.41, 5.74) is 3.40. The molecule has 0 aliphatic carbocycles. The molecule has 0 fully saturated rings. The highest BCUT2D eigenvalue weighted by Crippen LogP contribution is 2.35. The Balaban J connectivity index is 1.41. The lowest BCUT2D eigenvalue weighted by atomic mass is 9.99. The summed E-state index contributed by atoms with van der Waals surface area (Å²) in [7, 11) is 1.79. The lowest BCUT2D eigenvalue weighted by Gasteiger charge is -2.32. The van der Waals surface area contributed by atoms with E-state index in [4.69, 9.17) is 4.42 Å². The number of aryl methyl sites for hydroxylation is 1. The van der Waals surface area contributed by atoms with Crippen molar-refractivity contribution < 1.29 is 18.0 Å². The number of pyridine rings is 1. The molecule has 1 N–H and O–H groups in total. The quantitative estimate of drug-likeness (QED) is 0.420. The van der Waals surface area contributed by atoms with Crippen LogP contribution in [-0.2, 0) is 13.5 Å². The number of H-pyrrole nitrogens is 1. The number of carbonyl (C=O) groups is 1. The average Bonchev–Trinajstić information content (AvgIpc) is 3.64. The Morgan fingerprint density at radius 3 is 2.94 bits per heavy atom. The fourth-order valence-corrected chi connectivity index (χ4v) is 4.42. The Morgan fingerprint density at radius 2 is 2.17 bits per heavy atom. The van der Waals surface area contributed by atoms with Gasteiger partial charge in [0.1, 0.15) is 6.04 Å². The molecule has 178 valence electrons. The maximum absolute atomic E-state index is 13.6. The van der Waals surface area contributed by atoms with E-state index in [-0.39, 0.29) is 22.9 Å². The summed E-state index contributed by atoms with van der Waals surface area (Å²) in [5.74, 6) is -0.512. The minimum atomic E-state index is -2.67. The smallest absolute Gasteiger partial charge is 0.312 e. The van der Waals surface area contributed by atoms with Gasteiger partial charge in [0.2, 0.25) is 0 Å². The fourth-order valence-electron chi connectivity index (χ4n) is 4.42. The molecule has 0 bridgehead atoms. The zero-order valence-corrected chi connectivity index (χ0v) is 18.7. The van der Waals surface area contributed by atoms with Crippen LogP contribution in [-0.4, -0.2) is 56.9 Å². The van der Waals surface area contributed by atoms with Crippen molar-refractivity contribution in [2.45, 2.75) is 25.8 Å². The summed E-state index contributed by atoms with van der Waals surface area (Å²) in [6, 6.07) is 3.71. The predicted molar refractivity (Wildman–Crippen MR) is 117 cm³/mol. The highest BCUT2D eigenvalue weighted by atomic mass is 19.3. The van der Waals surface area contributed by atoms with Gasteiger partial charge in [-0.1, -0.05) is 0 Å². The molecule has 13 heteroatoms. The average molecular weight is 479 g/mol. The third-order valence-corrected chi connectivity index (χ3v) is 6.33. The maximum Gasteiger partial charge on any atom is 0.312 e. The van der Waals surface area contributed by atoms with Crippen LogP contribution in [0.1, 0.15) is 51.5 Å². The SMILES string of the molecule is Cc1c(-c2nnc(C(=O)N3CCc4[nH]cnc4C3c3cc4c(C(F)F)cccn4n3)o2)cnn1C. The van der Waals surface area contributed by atoms with Gasteiger partial charge in [-0.15, -0.1) is 10.2 Å². The van der Waals surface area contributed by atoms with E-state index in [1.165, 1.54) is 21.5 Å². The van der Waals surface area contributed by atoms with Gasteiger partial charge in [0.25, 0.3) is 12.3 Å². The van der Waals surface area contributed by atoms with Crippen molar-refractivity contribution in [3.05, 3.63) is 71.1 Å². The molecule has 0 saturated carbocycles. The first-order chi connectivity index (χ1) is 16.9. The largest absolute Gasteiger partial charge is 0.412 e. The van der Waals surface area contributed by atoms with Crippen molar-refractivity contribution >= 4 is 11.4 Å². The number of amides is 1. The number of halogens is 2. The second kappa shape index (κ2) is 7.82. The van der Waals surface area contributed by atoms with Crippen LogP contribution in [0, 0.1) is 6.92 Å². The second-order valence-electron chi connectivity index (χ2n) is 8.26. The van der Waals surface area contributed by atoms with Crippen LogP contribution < -0.4 is 0 Å². The molecule has 1 amide bonds. The molecule has 6 rings (SSSR count). The van der Waals surface area contributed by atoms with Crippen molar-refractivity contribution in [3.63, 3.8) is 0 Å². The van der Waals surface area contributed by atoms with E-state index < -0.39 is 18.4 Å². The van der Waals surface area contributed by atoms with Crippen LogP contribution in [0.5, 0.6) is 0 Å². The second-order valence-corrected chi connectivity index (χ2v) is 8.26. The summed E-state index contributed by atoms with van der Waals surface area (Å²) >= 11 is 0. The first kappa shape index (κ1) is 21.1. The van der Waals surface area contributed by atoms with Gasteiger partial charge < -0.3 is 14.3 Å². The number of hydrogen-bond donors (Lipinski definition) is 1. The topological polar surface area (TPSA) is 123 Å². The Bertz CT molecular complexity index is 1560. The molecule has 1 aliphatic rings. The standard InChI is InChI=1S/C22H19F2N9O2/c1-11-13(9-27-31(11)2)20-28-29-21(35-20)22(34)32-7-5-14-17(26-10-25-14)18(32)15-8-16-12(19(23)24)4-3-6-33(16)30-15/h3-4,6,8-10,18-19H,5,7H2,1-2H3,(H,25,26). The summed E-state index contributed by atoms with van der Waals surface area (Å²) in [4.78, 5) is 22.6. The Hall–Kier alpha value is -4.42. The van der Waals surface area contributed by atoms with Crippen molar-refractivity contribution in [1.29, 1.82) is 0 Å². The number of aromatic amines is 1. The molecular weight excluding hydrogens is 460 g/mol. The van der Waals surface area contributed by atoms with Crippen LogP contribution in [0.15, 0.2) is 41.3 Å². The van der Waals surface area contributed by atoms with Crippen LogP contribution in [0.3, 0.4) is 0 Å². The van der Waals surface area contributed by atoms with Crippen LogP contribution in [0.4, 0.5) is 8.78 Å². The van der Waals surface area contributed by atoms with Gasteiger partial charge in [-0.25, -0.2) is 18.3 Å². The number of nitrogens with one attached hydrogen (secondary N) is 1. The number of nitrogens with zero attached hydrogens (tertiary/aromatic N) is 8. The first-order valence-corrected chi connectivity index (χ1v) is 10.8. The number of alkyl halides is 2. The molecule has 1 atom stereocenters. The summed E-state index contributed by atoms with van der Waals surface area (Å²) in [6.07, 6.45) is 2.58. The molecule has 0 radical (unpaired) electrons. The molecular formula is C22H19F2N9O2. The molecule has 11 nitrogen and oxygen atoms in total. The number of aromatic nitrogens is 8. The summed E-state index contributed by atoms with van der Waals surface area (Å²) in [5, 5.41) is 16.7. The van der Waals surface area contributed by atoms with E-state index in [0.29, 0.717) is 29.9 Å². The Labute approximate surface area is 196 Å². The highest BCUT2D eigenvalue weighted by molar-refractivity contribution is 5.90. The van der Waals surface area contributed by atoms with Gasteiger partial charge in [0.05, 0.1) is 35.0 Å². The molecule has 1 unspecified atom stereocenters. The zero-order chi connectivity index (χ0) is 24.3. The monoisotopic (exact) mass is 479 g/mol. The number of carbonyl (C=O) groups excluding carboxylic acids is 1. The molecule has 1 aliphatic heterocycles. The van der Waals surface area contributed by atoms with Crippen molar-refractivity contribution in [2.24, 2.45) is 7.05 Å². The van der Waals surface area contributed by atoms with Gasteiger partial charge in [-0.05, 0) is 25.1 Å². The minimum absolute atomic E-state index is 0.143. The van der Waals surface area contributed by atoms with Crippen molar-refractivity contribution in [2.75, 3.05) is 6.54 Å². The van der Waals surface area contributed by atoms with E-state index in [2.05, 4.69) is 30.4 Å². The normalized spacial score (nSPS) is 15.8. The van der Waals surface area contributed by atoms with E-state index >= 15 is 0 Å². The van der Waals surface area contributed by atoms with Crippen LogP contribution in [0.2, 0.25) is 0 Å². The van der Waals surface area contributed by atoms with E-state index in [0.717, 1.165) is 11.4 Å². The Morgan fingerprint density at radius 1 is 1.31 bits per heavy atom. The van der Waals surface area contributed by atoms with Gasteiger partial charge in [-0.2, -0.15) is 10.2 Å². The molecule has 5 aromatic rings. The molecule has 35 heavy (non-hydrogen) atoms. The minimum Gasteiger partial charge on any atom is -0.412 e. The fraction of sp³-hybridized carbons (Fsp3) is 0.273. The third kappa shape index (κ3) is 3.30. The number of hydrogen-bond acceptors (Lipinski definition) is 7. The van der Waals surface area contributed by atoms with E-state index in [1.807, 2.05) is 6.92 Å². The van der Waals surface area contributed by atoms with Crippen molar-refractivity contribution in [3.8, 4) is 11.5 Å². The summed E-state index contributed by atoms with van der Waals surface area (Å²) in [6.45, 7) is 2.17. The Kier molecular flexibility index (Phi) is 4.72. The molecule has 5 aromatic heterocycles. The molecule has 0 aromatic carbocycles. The highest BCUT2D eigenvalue weighted by Gasteiger charge is 2.38. The van der Waals surface area contributed by atoms with Gasteiger partial charge in [-0.3, -0.25) is 9.48 Å². The molecule has 0 saturated heterocycles. The predicted octanol–water partition coefficient (Wildman–Crippen LogP) is 2.87. The number of rotatable bonds is 4. The lowest BCUT2D eigenvalue weighted by molar-refractivity contribution is 0.0646. The first-order valence-electron chi connectivity index (χ1n) is 10.8. The van der Waals surface area contributed by atoms with E-state index in [1.54, 1.807) is 36.5 Å². The summed E-state index contributed by atoms with van der Waals surface area (Å²) < 4.78 is 35.9. The van der Waals surface area contributed by atoms with Crippen molar-refractivity contribution in [1.82, 2.24) is 44.5 Å². The van der Waals surface area contributed by atoms with E-state index in [9.17, 15) is 13.6 Å². The number of fused-ring (bicyclic) bond motifs is 2. The number of imidazole rings is 1. The van der Waals surface area contributed by atoms with Gasteiger partial charge in [0, 0.05) is 43.2 Å². The van der Waals surface area contributed by atoms with Gasteiger partial charge in [0.15, 0.2) is 0 Å². The lowest BCUT2D eigenvalue weighted by Crippen LogP contribution is -2.41. The molecule has 6 heterocycles. The third-order valence-electron chi connectivity index (χ3n) is 6.33.